The quantitative estimate of drug-likeness (QED) is 0.445. The molecule has 3 heteroatoms. The molecule has 0 heterocycles. The first-order chi connectivity index (χ1) is 13.2. The van der Waals surface area contributed by atoms with Crippen LogP contribution in [-0.4, -0.2) is 11.1 Å². The summed E-state index contributed by atoms with van der Waals surface area (Å²) in [6, 6.07) is 31.6. The Morgan fingerprint density at radius 2 is 1.15 bits per heavy atom. The Hall–Kier alpha value is -2.44. The van der Waals surface area contributed by atoms with Crippen molar-refractivity contribution in [3.05, 3.63) is 96.6 Å². The lowest BCUT2D eigenvalue weighted by Crippen LogP contribution is -2.01. The summed E-state index contributed by atoms with van der Waals surface area (Å²) in [7, 11) is 0.271. The van der Waals surface area contributed by atoms with Crippen molar-refractivity contribution in [1.82, 2.24) is 0 Å². The van der Waals surface area contributed by atoms with E-state index in [4.69, 9.17) is 5.11 Å². The SMILES string of the molecule is O=C(O)CCCCCc1ccccc1.c1ccc([PH2+]c2ccccc2)cc1. The van der Waals surface area contributed by atoms with Crippen LogP contribution in [0.1, 0.15) is 31.2 Å². The lowest BCUT2D eigenvalue weighted by atomic mass is 10.1. The molecule has 0 spiro atoms. The number of carboxylic acid groups (broad SMARTS) is 1. The van der Waals surface area contributed by atoms with E-state index in [-0.39, 0.29) is 8.58 Å². The van der Waals surface area contributed by atoms with Crippen molar-refractivity contribution >= 4 is 25.2 Å². The highest BCUT2D eigenvalue weighted by Gasteiger charge is 2.00. The van der Waals surface area contributed by atoms with E-state index in [9.17, 15) is 4.79 Å². The number of aryl methyl sites for hydroxylation is 1. The zero-order valence-electron chi connectivity index (χ0n) is 15.6. The highest BCUT2D eigenvalue weighted by molar-refractivity contribution is 7.55. The highest BCUT2D eigenvalue weighted by Crippen LogP contribution is 2.09. The molecular weight excluding hydrogens is 351 g/mol. The van der Waals surface area contributed by atoms with Crippen molar-refractivity contribution in [2.24, 2.45) is 0 Å². The van der Waals surface area contributed by atoms with Gasteiger partial charge in [-0.05, 0) is 49.1 Å². The minimum Gasteiger partial charge on any atom is -0.481 e. The minimum absolute atomic E-state index is 0.271. The standard InChI is InChI=1S/C12H16O2.C12H11P/c13-12(14)10-6-2-5-9-11-7-3-1-4-8-11;1-3-7-11(8-4-1)13-12-9-5-2-6-10-12/h1,3-4,7-8H,2,5-6,9-10H2,(H,13,14);1-10,13H/p+1. The van der Waals surface area contributed by atoms with E-state index in [0.29, 0.717) is 6.42 Å². The third kappa shape index (κ3) is 9.72. The predicted octanol–water partition coefficient (Wildman–Crippen LogP) is 4.92. The van der Waals surface area contributed by atoms with E-state index in [2.05, 4.69) is 72.8 Å². The number of benzene rings is 3. The summed E-state index contributed by atoms with van der Waals surface area (Å²) < 4.78 is 0. The van der Waals surface area contributed by atoms with Crippen molar-refractivity contribution in [3.8, 4) is 0 Å². The summed E-state index contributed by atoms with van der Waals surface area (Å²) in [5.74, 6) is -0.690. The van der Waals surface area contributed by atoms with Crippen LogP contribution in [0.3, 0.4) is 0 Å². The highest BCUT2D eigenvalue weighted by atomic mass is 31.1. The van der Waals surface area contributed by atoms with Crippen molar-refractivity contribution in [3.63, 3.8) is 0 Å². The van der Waals surface area contributed by atoms with Crippen LogP contribution >= 0.6 is 8.58 Å². The molecule has 0 fully saturated rings. The molecule has 0 radical (unpaired) electrons. The van der Waals surface area contributed by atoms with Gasteiger partial charge in [-0.1, -0.05) is 73.2 Å². The summed E-state index contributed by atoms with van der Waals surface area (Å²) in [4.78, 5) is 10.2. The van der Waals surface area contributed by atoms with E-state index in [1.807, 2.05) is 18.2 Å². The summed E-state index contributed by atoms with van der Waals surface area (Å²) in [6.07, 6.45) is 4.23. The van der Waals surface area contributed by atoms with Crippen LogP contribution in [0.15, 0.2) is 91.0 Å². The summed E-state index contributed by atoms with van der Waals surface area (Å²) in [5, 5.41) is 11.3. The molecule has 1 N–H and O–H groups in total. The van der Waals surface area contributed by atoms with Crippen molar-refractivity contribution < 1.29 is 9.90 Å². The smallest absolute Gasteiger partial charge is 0.303 e. The zero-order chi connectivity index (χ0) is 19.2. The Labute approximate surface area is 164 Å². The van der Waals surface area contributed by atoms with E-state index in [0.717, 1.165) is 25.7 Å². The predicted molar refractivity (Wildman–Crippen MR) is 118 cm³/mol. The van der Waals surface area contributed by atoms with Crippen LogP contribution < -0.4 is 10.6 Å². The maximum absolute atomic E-state index is 10.2. The Morgan fingerprint density at radius 1 is 0.667 bits per heavy atom. The van der Waals surface area contributed by atoms with Crippen molar-refractivity contribution in [2.45, 2.75) is 32.1 Å². The first-order valence-electron chi connectivity index (χ1n) is 9.44. The molecule has 0 aliphatic rings. The van der Waals surface area contributed by atoms with Gasteiger partial charge in [0.05, 0.1) is 19.2 Å². The second kappa shape index (κ2) is 12.8. The second-order valence-corrected chi connectivity index (χ2v) is 8.03. The number of hydrogen-bond acceptors (Lipinski definition) is 1. The molecule has 0 aromatic heterocycles. The molecule has 0 aliphatic carbocycles. The molecular formula is C24H28O2P+. The molecule has 140 valence electrons. The number of carbonyl (C=O) groups is 1. The molecule has 0 bridgehead atoms. The van der Waals surface area contributed by atoms with Crippen LogP contribution in [0.25, 0.3) is 0 Å². The van der Waals surface area contributed by atoms with Crippen molar-refractivity contribution in [1.29, 1.82) is 0 Å². The van der Waals surface area contributed by atoms with Crippen LogP contribution in [0.5, 0.6) is 0 Å². The van der Waals surface area contributed by atoms with Crippen molar-refractivity contribution in [2.75, 3.05) is 0 Å². The molecule has 3 rings (SSSR count). The van der Waals surface area contributed by atoms with Gasteiger partial charge in [0.2, 0.25) is 0 Å². The lowest BCUT2D eigenvalue weighted by Gasteiger charge is -1.99. The van der Waals surface area contributed by atoms with E-state index >= 15 is 0 Å². The van der Waals surface area contributed by atoms with Crippen LogP contribution in [-0.2, 0) is 11.2 Å². The van der Waals surface area contributed by atoms with Gasteiger partial charge >= 0.3 is 5.97 Å². The molecule has 0 unspecified atom stereocenters. The van der Waals surface area contributed by atoms with Gasteiger partial charge in [-0.3, -0.25) is 4.79 Å². The lowest BCUT2D eigenvalue weighted by molar-refractivity contribution is -0.137. The monoisotopic (exact) mass is 379 g/mol. The van der Waals surface area contributed by atoms with Crippen LogP contribution in [0, 0.1) is 0 Å². The minimum atomic E-state index is -0.690. The van der Waals surface area contributed by atoms with Gasteiger partial charge in [-0.15, -0.1) is 0 Å². The fourth-order valence-electron chi connectivity index (χ4n) is 2.72. The third-order valence-corrected chi connectivity index (χ3v) is 5.57. The van der Waals surface area contributed by atoms with Gasteiger partial charge in [-0.25, -0.2) is 0 Å². The Balaban J connectivity index is 0.000000194. The maximum Gasteiger partial charge on any atom is 0.303 e. The molecule has 2 nitrogen and oxygen atoms in total. The third-order valence-electron chi connectivity index (χ3n) is 4.13. The molecule has 0 atom stereocenters. The van der Waals surface area contributed by atoms with Gasteiger partial charge in [-0.2, -0.15) is 0 Å². The number of hydrogen-bond donors (Lipinski definition) is 1. The molecule has 0 saturated heterocycles. The van der Waals surface area contributed by atoms with Gasteiger partial charge in [0.15, 0.2) is 0 Å². The topological polar surface area (TPSA) is 37.3 Å². The molecule has 27 heavy (non-hydrogen) atoms. The van der Waals surface area contributed by atoms with Gasteiger partial charge in [0.25, 0.3) is 0 Å². The fraction of sp³-hybridized carbons (Fsp3) is 0.208. The number of unbranched alkanes of at least 4 members (excludes halogenated alkanes) is 2. The summed E-state index contributed by atoms with van der Waals surface area (Å²) in [5.41, 5.74) is 1.34. The maximum atomic E-state index is 10.2. The van der Waals surface area contributed by atoms with E-state index < -0.39 is 5.97 Å². The first-order valence-corrected chi connectivity index (χ1v) is 10.6. The Bertz CT molecular complexity index is 721. The molecule has 3 aromatic rings. The number of aliphatic carboxylic acids is 1. The van der Waals surface area contributed by atoms with Gasteiger partial charge in [0, 0.05) is 6.42 Å². The Morgan fingerprint density at radius 3 is 1.63 bits per heavy atom. The van der Waals surface area contributed by atoms with E-state index in [1.54, 1.807) is 0 Å². The molecule has 0 aliphatic heterocycles. The first kappa shape index (κ1) is 20.9. The van der Waals surface area contributed by atoms with Crippen LogP contribution in [0.2, 0.25) is 0 Å². The summed E-state index contributed by atoms with van der Waals surface area (Å²) in [6.45, 7) is 0. The van der Waals surface area contributed by atoms with Crippen LogP contribution in [0.4, 0.5) is 0 Å². The second-order valence-electron chi connectivity index (χ2n) is 6.41. The average molecular weight is 379 g/mol. The zero-order valence-corrected chi connectivity index (χ0v) is 16.8. The average Bonchev–Trinajstić information content (AvgIpc) is 2.70. The Kier molecular flexibility index (Phi) is 9.92. The molecule has 0 amide bonds. The number of rotatable bonds is 8. The largest absolute Gasteiger partial charge is 0.481 e. The molecule has 0 saturated carbocycles. The summed E-state index contributed by atoms with van der Waals surface area (Å²) >= 11 is 0. The van der Waals surface area contributed by atoms with E-state index in [1.165, 1.54) is 16.2 Å². The van der Waals surface area contributed by atoms with Gasteiger partial charge in [0.1, 0.15) is 0 Å². The molecule has 3 aromatic carbocycles. The fourth-order valence-corrected chi connectivity index (χ4v) is 3.93. The van der Waals surface area contributed by atoms with Gasteiger partial charge < -0.3 is 5.11 Å². The normalized spacial score (nSPS) is 9.93. The number of carboxylic acids is 1.